The molecule has 0 saturated carbocycles. The lowest BCUT2D eigenvalue weighted by Gasteiger charge is -2.29. The second-order valence-corrected chi connectivity index (χ2v) is 8.81. The van der Waals surface area contributed by atoms with Gasteiger partial charge in [0.05, 0.1) is 35.5 Å². The van der Waals surface area contributed by atoms with E-state index in [1.54, 1.807) is 31.2 Å². The van der Waals surface area contributed by atoms with E-state index in [-0.39, 0.29) is 23.8 Å². The van der Waals surface area contributed by atoms with E-state index >= 15 is 0 Å². The highest BCUT2D eigenvalue weighted by molar-refractivity contribution is 8.03. The molecule has 0 spiro atoms. The number of nitrogens with one attached hydrogen (secondary N) is 1. The molecule has 1 unspecified atom stereocenters. The van der Waals surface area contributed by atoms with Crippen LogP contribution in [-0.4, -0.2) is 23.3 Å². The smallest absolute Gasteiger partial charge is 0.316 e. The van der Waals surface area contributed by atoms with Crippen LogP contribution in [0.3, 0.4) is 0 Å². The number of esters is 1. The van der Waals surface area contributed by atoms with Crippen molar-refractivity contribution >= 4 is 35.0 Å². The highest BCUT2D eigenvalue weighted by Crippen LogP contribution is 2.42. The highest BCUT2D eigenvalue weighted by atomic mass is 32.2. The maximum absolute atomic E-state index is 13.3. The van der Waals surface area contributed by atoms with Crippen molar-refractivity contribution in [3.05, 3.63) is 101 Å². The third kappa shape index (κ3) is 5.89. The minimum absolute atomic E-state index is 0.0180. The number of hydrogen-bond donors (Lipinski definition) is 1. The summed E-state index contributed by atoms with van der Waals surface area (Å²) < 4.78 is 11.0. The normalized spacial score (nSPS) is 17.3. The van der Waals surface area contributed by atoms with Gasteiger partial charge in [0.25, 0.3) is 0 Å². The average Bonchev–Trinajstić information content (AvgIpc) is 3.41. The van der Waals surface area contributed by atoms with E-state index in [9.17, 15) is 14.9 Å². The molecule has 7 nitrogen and oxygen atoms in total. The number of furan rings is 1. The Labute approximate surface area is 207 Å². The van der Waals surface area contributed by atoms with Crippen LogP contribution in [0.5, 0.6) is 0 Å². The Bertz CT molecular complexity index is 1280. The molecule has 0 saturated heterocycles. The molecule has 0 bridgehead atoms. The van der Waals surface area contributed by atoms with Gasteiger partial charge >= 0.3 is 5.97 Å². The number of hydrogen-bond acceptors (Lipinski definition) is 7. The van der Waals surface area contributed by atoms with Crippen LogP contribution in [0, 0.1) is 17.2 Å². The molecule has 35 heavy (non-hydrogen) atoms. The third-order valence-electron chi connectivity index (χ3n) is 5.47. The molecule has 2 atom stereocenters. The van der Waals surface area contributed by atoms with Crippen LogP contribution in [0.15, 0.2) is 99.1 Å². The first kappa shape index (κ1) is 24.0. The van der Waals surface area contributed by atoms with Gasteiger partial charge in [-0.25, -0.2) is 4.99 Å². The molecule has 0 radical (unpaired) electrons. The SMILES string of the molecule is CC1=NC(SCC(=O)OCc2ccccc2)=C(C#N)[C@H](c2ccco2)C1C(=O)Nc1ccccc1. The Morgan fingerprint density at radius 1 is 1.09 bits per heavy atom. The van der Waals surface area contributed by atoms with Crippen molar-refractivity contribution in [2.24, 2.45) is 10.9 Å². The van der Waals surface area contributed by atoms with Gasteiger partial charge in [0.2, 0.25) is 5.91 Å². The molecule has 1 aliphatic rings. The molecule has 1 amide bonds. The number of carbonyl (C=O) groups is 2. The first-order chi connectivity index (χ1) is 17.1. The quantitative estimate of drug-likeness (QED) is 0.434. The number of para-hydroxylation sites is 1. The molecule has 1 N–H and O–H groups in total. The number of aliphatic imine (C=N–C) groups is 1. The average molecular weight is 486 g/mol. The largest absolute Gasteiger partial charge is 0.469 e. The van der Waals surface area contributed by atoms with Crippen LogP contribution < -0.4 is 5.32 Å². The third-order valence-corrected chi connectivity index (χ3v) is 6.43. The maximum atomic E-state index is 13.3. The van der Waals surface area contributed by atoms with Crippen molar-refractivity contribution in [2.75, 3.05) is 11.1 Å². The van der Waals surface area contributed by atoms with E-state index in [4.69, 9.17) is 9.15 Å². The minimum atomic E-state index is -0.745. The van der Waals surface area contributed by atoms with Crippen molar-refractivity contribution in [2.45, 2.75) is 19.4 Å². The van der Waals surface area contributed by atoms with Gasteiger partial charge in [-0.15, -0.1) is 0 Å². The van der Waals surface area contributed by atoms with Crippen LogP contribution in [0.25, 0.3) is 0 Å². The number of benzene rings is 2. The van der Waals surface area contributed by atoms with Gasteiger partial charge in [-0.2, -0.15) is 5.26 Å². The molecule has 0 fully saturated rings. The summed E-state index contributed by atoms with van der Waals surface area (Å²) in [5.74, 6) is -1.67. The van der Waals surface area contributed by atoms with Gasteiger partial charge in [-0.3, -0.25) is 9.59 Å². The second-order valence-electron chi connectivity index (χ2n) is 7.84. The first-order valence-corrected chi connectivity index (χ1v) is 12.0. The molecule has 1 aromatic heterocycles. The van der Waals surface area contributed by atoms with E-state index in [0.717, 1.165) is 17.3 Å². The summed E-state index contributed by atoms with van der Waals surface area (Å²) in [7, 11) is 0. The molecule has 2 heterocycles. The summed E-state index contributed by atoms with van der Waals surface area (Å²) in [5.41, 5.74) is 2.34. The fourth-order valence-corrected chi connectivity index (χ4v) is 4.70. The van der Waals surface area contributed by atoms with Crippen molar-refractivity contribution in [3.8, 4) is 6.07 Å². The van der Waals surface area contributed by atoms with Gasteiger partial charge in [-0.05, 0) is 36.8 Å². The summed E-state index contributed by atoms with van der Waals surface area (Å²) in [5, 5.41) is 13.3. The lowest BCUT2D eigenvalue weighted by Crippen LogP contribution is -2.36. The Balaban J connectivity index is 1.53. The van der Waals surface area contributed by atoms with E-state index in [1.807, 2.05) is 48.5 Å². The zero-order chi connectivity index (χ0) is 24.6. The standard InChI is InChI=1S/C27H23N3O4S/c1-18-24(26(32)30-20-11-6-3-7-12-20)25(22-13-8-14-33-22)21(15-28)27(29-18)35-17-23(31)34-16-19-9-4-2-5-10-19/h2-14,24-25H,16-17H2,1H3,(H,30,32)/t24?,25-/m1/s1. The van der Waals surface area contributed by atoms with Crippen molar-refractivity contribution in [3.63, 3.8) is 0 Å². The van der Waals surface area contributed by atoms with Crippen LogP contribution in [-0.2, 0) is 20.9 Å². The summed E-state index contributed by atoms with van der Waals surface area (Å²) >= 11 is 1.12. The second kappa shape index (κ2) is 11.4. The number of thioether (sulfide) groups is 1. The number of nitrogens with zero attached hydrogens (tertiary/aromatic N) is 2. The monoisotopic (exact) mass is 485 g/mol. The molecule has 176 valence electrons. The van der Waals surface area contributed by atoms with Crippen molar-refractivity contribution in [1.82, 2.24) is 0 Å². The van der Waals surface area contributed by atoms with Gasteiger partial charge in [-0.1, -0.05) is 60.3 Å². The molecule has 3 aromatic rings. The zero-order valence-corrected chi connectivity index (χ0v) is 19.8. The number of amides is 1. The zero-order valence-electron chi connectivity index (χ0n) is 19.0. The van der Waals surface area contributed by atoms with Crippen LogP contribution >= 0.6 is 11.8 Å². The van der Waals surface area contributed by atoms with Crippen LogP contribution in [0.1, 0.15) is 24.2 Å². The first-order valence-electron chi connectivity index (χ1n) is 11.0. The molecule has 4 rings (SSSR count). The summed E-state index contributed by atoms with van der Waals surface area (Å²) in [6, 6.07) is 24.1. The van der Waals surface area contributed by atoms with Gasteiger partial charge in [0.15, 0.2) is 0 Å². The molecular weight excluding hydrogens is 462 g/mol. The lowest BCUT2D eigenvalue weighted by atomic mass is 9.79. The Kier molecular flexibility index (Phi) is 7.81. The number of nitriles is 1. The van der Waals surface area contributed by atoms with E-state index < -0.39 is 17.8 Å². The molecule has 2 aromatic carbocycles. The summed E-state index contributed by atoms with van der Waals surface area (Å²) in [6.07, 6.45) is 1.51. The predicted octanol–water partition coefficient (Wildman–Crippen LogP) is 5.30. The fraction of sp³-hybridized carbons (Fsp3) is 0.185. The fourth-order valence-electron chi connectivity index (χ4n) is 3.82. The van der Waals surface area contributed by atoms with Crippen molar-refractivity contribution < 1.29 is 18.7 Å². The number of allylic oxidation sites excluding steroid dienone is 1. The Morgan fingerprint density at radius 2 is 1.80 bits per heavy atom. The minimum Gasteiger partial charge on any atom is -0.469 e. The number of ether oxygens (including phenoxy) is 1. The maximum Gasteiger partial charge on any atom is 0.316 e. The van der Waals surface area contributed by atoms with Crippen LogP contribution in [0.2, 0.25) is 0 Å². The molecule has 8 heteroatoms. The molecule has 0 aliphatic carbocycles. The van der Waals surface area contributed by atoms with E-state index in [1.165, 1.54) is 6.26 Å². The topological polar surface area (TPSA) is 105 Å². The summed E-state index contributed by atoms with van der Waals surface area (Å²) in [4.78, 5) is 30.2. The van der Waals surface area contributed by atoms with Gasteiger partial charge in [0.1, 0.15) is 17.4 Å². The molecule has 1 aliphatic heterocycles. The Morgan fingerprint density at radius 3 is 2.46 bits per heavy atom. The lowest BCUT2D eigenvalue weighted by molar-refractivity contribution is -0.141. The van der Waals surface area contributed by atoms with Gasteiger partial charge in [0, 0.05) is 11.4 Å². The van der Waals surface area contributed by atoms with Gasteiger partial charge < -0.3 is 14.5 Å². The van der Waals surface area contributed by atoms with E-state index in [0.29, 0.717) is 22.2 Å². The molecular formula is C27H23N3O4S. The predicted molar refractivity (Wildman–Crippen MR) is 134 cm³/mol. The Hall–Kier alpha value is -4.09. The number of carbonyl (C=O) groups excluding carboxylic acids is 2. The van der Waals surface area contributed by atoms with E-state index in [2.05, 4.69) is 16.4 Å². The highest BCUT2D eigenvalue weighted by Gasteiger charge is 2.41. The summed E-state index contributed by atoms with van der Waals surface area (Å²) in [6.45, 7) is 1.91. The van der Waals surface area contributed by atoms with Crippen LogP contribution in [0.4, 0.5) is 5.69 Å². The number of anilines is 1. The van der Waals surface area contributed by atoms with Crippen molar-refractivity contribution in [1.29, 1.82) is 5.26 Å². The number of rotatable bonds is 8.